The van der Waals surface area contributed by atoms with Crippen molar-refractivity contribution < 1.29 is 8.42 Å². The van der Waals surface area contributed by atoms with Crippen molar-refractivity contribution in [1.29, 1.82) is 0 Å². The first-order chi connectivity index (χ1) is 9.95. The van der Waals surface area contributed by atoms with E-state index in [0.29, 0.717) is 13.0 Å². The van der Waals surface area contributed by atoms with Crippen molar-refractivity contribution in [3.63, 3.8) is 0 Å². The Morgan fingerprint density at radius 1 is 1.38 bits per heavy atom. The summed E-state index contributed by atoms with van der Waals surface area (Å²) in [7, 11) is -3.70. The fourth-order valence-corrected chi connectivity index (χ4v) is 4.55. The van der Waals surface area contributed by atoms with Crippen molar-refractivity contribution in [3.05, 3.63) is 36.0 Å². The molecule has 112 valence electrons. The molecule has 0 radical (unpaired) electrons. The SMILES string of the molecule is CCn1cc(S(=O)(=O)N2c3ccccc3CC2C)c(N)n1. The number of fused-ring (bicyclic) bond motifs is 1. The highest BCUT2D eigenvalue weighted by Crippen LogP contribution is 2.37. The highest BCUT2D eigenvalue weighted by molar-refractivity contribution is 7.93. The lowest BCUT2D eigenvalue weighted by atomic mass is 10.1. The van der Waals surface area contributed by atoms with Gasteiger partial charge in [-0.25, -0.2) is 8.42 Å². The number of anilines is 2. The van der Waals surface area contributed by atoms with Crippen molar-refractivity contribution in [2.24, 2.45) is 0 Å². The first kappa shape index (κ1) is 13.9. The van der Waals surface area contributed by atoms with Crippen LogP contribution in [-0.2, 0) is 23.0 Å². The fourth-order valence-electron chi connectivity index (χ4n) is 2.79. The monoisotopic (exact) mass is 306 g/mol. The second-order valence-electron chi connectivity index (χ2n) is 5.22. The third-order valence-corrected chi connectivity index (χ3v) is 5.71. The van der Waals surface area contributed by atoms with Crippen LogP contribution in [0.25, 0.3) is 0 Å². The van der Waals surface area contributed by atoms with E-state index in [1.54, 1.807) is 0 Å². The molecule has 0 aliphatic carbocycles. The number of sulfonamides is 1. The van der Waals surface area contributed by atoms with Crippen LogP contribution in [0.1, 0.15) is 19.4 Å². The van der Waals surface area contributed by atoms with Gasteiger partial charge >= 0.3 is 0 Å². The van der Waals surface area contributed by atoms with Gasteiger partial charge in [-0.1, -0.05) is 18.2 Å². The van der Waals surface area contributed by atoms with Crippen LogP contribution in [0.4, 0.5) is 11.5 Å². The minimum Gasteiger partial charge on any atom is -0.381 e. The normalized spacial score (nSPS) is 18.0. The van der Waals surface area contributed by atoms with Gasteiger partial charge in [0, 0.05) is 18.8 Å². The first-order valence-electron chi connectivity index (χ1n) is 6.90. The van der Waals surface area contributed by atoms with Crippen LogP contribution >= 0.6 is 0 Å². The molecule has 1 atom stereocenters. The zero-order chi connectivity index (χ0) is 15.2. The molecule has 0 saturated heterocycles. The lowest BCUT2D eigenvalue weighted by Gasteiger charge is -2.23. The van der Waals surface area contributed by atoms with E-state index in [0.717, 1.165) is 11.3 Å². The molecule has 1 aromatic carbocycles. The number of para-hydroxylation sites is 1. The Morgan fingerprint density at radius 3 is 2.76 bits per heavy atom. The van der Waals surface area contributed by atoms with Gasteiger partial charge in [0.1, 0.15) is 4.90 Å². The third kappa shape index (κ3) is 2.08. The fraction of sp³-hybridized carbons (Fsp3) is 0.357. The summed E-state index contributed by atoms with van der Waals surface area (Å²) in [5.41, 5.74) is 7.57. The maximum Gasteiger partial charge on any atom is 0.269 e. The Labute approximate surface area is 124 Å². The minimum atomic E-state index is -3.70. The van der Waals surface area contributed by atoms with Gasteiger partial charge in [0.25, 0.3) is 10.0 Å². The molecule has 0 fully saturated rings. The maximum atomic E-state index is 13.0. The lowest BCUT2D eigenvalue weighted by molar-refractivity contribution is 0.584. The molecule has 21 heavy (non-hydrogen) atoms. The van der Waals surface area contributed by atoms with Gasteiger partial charge in [-0.15, -0.1) is 0 Å². The Morgan fingerprint density at radius 2 is 2.10 bits per heavy atom. The van der Waals surface area contributed by atoms with Crippen LogP contribution in [0, 0.1) is 0 Å². The van der Waals surface area contributed by atoms with Gasteiger partial charge in [-0.2, -0.15) is 5.10 Å². The highest BCUT2D eigenvalue weighted by Gasteiger charge is 2.37. The summed E-state index contributed by atoms with van der Waals surface area (Å²) in [6, 6.07) is 7.43. The van der Waals surface area contributed by atoms with E-state index in [4.69, 9.17) is 5.73 Å². The molecule has 6 nitrogen and oxygen atoms in total. The molecule has 1 aliphatic heterocycles. The summed E-state index contributed by atoms with van der Waals surface area (Å²) < 4.78 is 28.9. The summed E-state index contributed by atoms with van der Waals surface area (Å²) in [5, 5.41) is 4.04. The molecule has 0 amide bonds. The van der Waals surface area contributed by atoms with E-state index in [1.165, 1.54) is 15.2 Å². The summed E-state index contributed by atoms with van der Waals surface area (Å²) in [4.78, 5) is 0.0768. The standard InChI is InChI=1S/C14H18N4O2S/c1-3-17-9-13(14(15)16-17)21(19,20)18-10(2)8-11-6-4-5-7-12(11)18/h4-7,9-10H,3,8H2,1-2H3,(H2,15,16). The van der Waals surface area contributed by atoms with Gasteiger partial charge in [-0.05, 0) is 31.9 Å². The van der Waals surface area contributed by atoms with E-state index in [-0.39, 0.29) is 16.8 Å². The summed E-state index contributed by atoms with van der Waals surface area (Å²) >= 11 is 0. The van der Waals surface area contributed by atoms with E-state index in [2.05, 4.69) is 5.10 Å². The lowest BCUT2D eigenvalue weighted by Crippen LogP contribution is -2.35. The van der Waals surface area contributed by atoms with Crippen molar-refractivity contribution in [3.8, 4) is 0 Å². The largest absolute Gasteiger partial charge is 0.381 e. The van der Waals surface area contributed by atoms with Crippen molar-refractivity contribution >= 4 is 21.5 Å². The first-order valence-corrected chi connectivity index (χ1v) is 8.34. The summed E-state index contributed by atoms with van der Waals surface area (Å²) in [6.07, 6.45) is 2.20. The second kappa shape index (κ2) is 4.77. The smallest absolute Gasteiger partial charge is 0.269 e. The molecule has 7 heteroatoms. The van der Waals surface area contributed by atoms with E-state index < -0.39 is 10.0 Å². The van der Waals surface area contributed by atoms with Gasteiger partial charge in [0.15, 0.2) is 5.82 Å². The molecule has 1 aliphatic rings. The van der Waals surface area contributed by atoms with Crippen LogP contribution in [0.2, 0.25) is 0 Å². The summed E-state index contributed by atoms with van der Waals surface area (Å²) in [6.45, 7) is 4.36. The van der Waals surface area contributed by atoms with Gasteiger partial charge in [-0.3, -0.25) is 8.99 Å². The van der Waals surface area contributed by atoms with Crippen molar-refractivity contribution in [1.82, 2.24) is 9.78 Å². The van der Waals surface area contributed by atoms with Gasteiger partial charge in [0.05, 0.1) is 5.69 Å². The van der Waals surface area contributed by atoms with Crippen molar-refractivity contribution in [2.75, 3.05) is 10.0 Å². The number of aromatic nitrogens is 2. The molecule has 0 saturated carbocycles. The molecule has 1 unspecified atom stereocenters. The van der Waals surface area contributed by atoms with Crippen LogP contribution in [0.15, 0.2) is 35.4 Å². The minimum absolute atomic E-state index is 0.0495. The maximum absolute atomic E-state index is 13.0. The average Bonchev–Trinajstić information content (AvgIpc) is 2.98. The zero-order valence-corrected chi connectivity index (χ0v) is 12.8. The quantitative estimate of drug-likeness (QED) is 0.934. The number of rotatable bonds is 3. The van der Waals surface area contributed by atoms with Crippen LogP contribution in [-0.4, -0.2) is 24.2 Å². The molecule has 0 bridgehead atoms. The molecular weight excluding hydrogens is 288 g/mol. The number of hydrogen-bond donors (Lipinski definition) is 1. The number of aryl methyl sites for hydroxylation is 1. The van der Waals surface area contributed by atoms with E-state index in [9.17, 15) is 8.42 Å². The van der Waals surface area contributed by atoms with Crippen molar-refractivity contribution in [2.45, 2.75) is 37.8 Å². The number of nitrogens with zero attached hydrogens (tertiary/aromatic N) is 3. The number of nitrogens with two attached hydrogens (primary N) is 1. The predicted octanol–water partition coefficient (Wildman–Crippen LogP) is 1.63. The zero-order valence-electron chi connectivity index (χ0n) is 12.0. The average molecular weight is 306 g/mol. The van der Waals surface area contributed by atoms with Crippen LogP contribution in [0.3, 0.4) is 0 Å². The molecule has 0 spiro atoms. The number of hydrogen-bond acceptors (Lipinski definition) is 4. The van der Waals surface area contributed by atoms with Gasteiger partial charge in [0.2, 0.25) is 0 Å². The van der Waals surface area contributed by atoms with E-state index in [1.807, 2.05) is 38.1 Å². The second-order valence-corrected chi connectivity index (χ2v) is 7.00. The molecule has 1 aromatic heterocycles. The summed E-state index contributed by atoms with van der Waals surface area (Å²) in [5.74, 6) is 0.0495. The Bertz CT molecular complexity index is 782. The van der Waals surface area contributed by atoms with E-state index >= 15 is 0 Å². The number of benzene rings is 1. The molecule has 2 N–H and O–H groups in total. The Hall–Kier alpha value is -2.02. The predicted molar refractivity (Wildman–Crippen MR) is 81.6 cm³/mol. The molecule has 3 rings (SSSR count). The molecular formula is C14H18N4O2S. The Kier molecular flexibility index (Phi) is 3.16. The molecule has 2 heterocycles. The molecule has 2 aromatic rings. The van der Waals surface area contributed by atoms with Crippen LogP contribution < -0.4 is 10.0 Å². The number of nitrogen functional groups attached to an aromatic ring is 1. The van der Waals surface area contributed by atoms with Crippen LogP contribution in [0.5, 0.6) is 0 Å². The van der Waals surface area contributed by atoms with Gasteiger partial charge < -0.3 is 5.73 Å². The Balaban J connectivity index is 2.12. The highest BCUT2D eigenvalue weighted by atomic mass is 32.2. The topological polar surface area (TPSA) is 81.2 Å². The third-order valence-electron chi connectivity index (χ3n) is 3.76.